The number of carbonyl (C=O) groups is 2. The zero-order chi connectivity index (χ0) is 21.6. The first-order chi connectivity index (χ1) is 13.7. The van der Waals surface area contributed by atoms with Crippen molar-refractivity contribution in [3.8, 4) is 5.75 Å². The monoisotopic (exact) mass is 478 g/mol. The maximum absolute atomic E-state index is 12.2. The Balaban J connectivity index is 1.92. The molecule has 0 aliphatic carbocycles. The number of amides is 1. The fraction of sp³-hybridized carbons (Fsp3) is 0.286. The molecule has 0 aliphatic heterocycles. The van der Waals surface area contributed by atoms with Gasteiger partial charge in [0.2, 0.25) is 0 Å². The van der Waals surface area contributed by atoms with E-state index < -0.39 is 5.97 Å². The third-order valence-electron chi connectivity index (χ3n) is 4.09. The molecule has 0 heterocycles. The van der Waals surface area contributed by atoms with Crippen molar-refractivity contribution in [3.63, 3.8) is 0 Å². The van der Waals surface area contributed by atoms with E-state index in [0.29, 0.717) is 17.0 Å². The number of hydrogen-bond acceptors (Lipinski definition) is 5. The minimum atomic E-state index is -0.423. The molecule has 2 N–H and O–H groups in total. The molecule has 0 unspecified atom stereocenters. The average Bonchev–Trinajstić information content (AvgIpc) is 2.68. The second-order valence-corrected chi connectivity index (χ2v) is 7.92. The molecule has 0 saturated carbocycles. The predicted octanol–water partition coefficient (Wildman–Crippen LogP) is 4.56. The highest BCUT2D eigenvalue weighted by Crippen LogP contribution is 2.32. The maximum Gasteiger partial charge on any atom is 0.337 e. The predicted molar refractivity (Wildman–Crippen MR) is 121 cm³/mol. The SMILES string of the molecule is COC(=O)c1ccc(NC(=S)NC(=O)COc2cc(C)c(Br)cc2C(C)C)cc1. The zero-order valence-electron chi connectivity index (χ0n) is 16.7. The van der Waals surface area contributed by atoms with Gasteiger partial charge in [-0.05, 0) is 72.6 Å². The van der Waals surface area contributed by atoms with E-state index in [2.05, 4.69) is 45.1 Å². The maximum atomic E-state index is 12.2. The molecule has 29 heavy (non-hydrogen) atoms. The summed E-state index contributed by atoms with van der Waals surface area (Å²) in [5.41, 5.74) is 3.10. The van der Waals surface area contributed by atoms with Crippen LogP contribution in [0, 0.1) is 6.92 Å². The third kappa shape index (κ3) is 6.54. The number of hydrogen-bond donors (Lipinski definition) is 2. The van der Waals surface area contributed by atoms with Gasteiger partial charge in [-0.15, -0.1) is 0 Å². The summed E-state index contributed by atoms with van der Waals surface area (Å²) in [5, 5.41) is 5.60. The Kier molecular flexibility index (Phi) is 8.16. The Morgan fingerprint density at radius 2 is 1.83 bits per heavy atom. The summed E-state index contributed by atoms with van der Waals surface area (Å²) in [6.07, 6.45) is 0. The van der Waals surface area contributed by atoms with Crippen LogP contribution in [0.25, 0.3) is 0 Å². The van der Waals surface area contributed by atoms with Crippen LogP contribution in [0.4, 0.5) is 5.69 Å². The molecule has 6 nitrogen and oxygen atoms in total. The van der Waals surface area contributed by atoms with E-state index in [0.717, 1.165) is 15.6 Å². The fourth-order valence-electron chi connectivity index (χ4n) is 2.52. The van der Waals surface area contributed by atoms with Crippen molar-refractivity contribution in [2.45, 2.75) is 26.7 Å². The van der Waals surface area contributed by atoms with Gasteiger partial charge in [0.1, 0.15) is 5.75 Å². The van der Waals surface area contributed by atoms with Crippen LogP contribution in [0.15, 0.2) is 40.9 Å². The van der Waals surface area contributed by atoms with Crippen LogP contribution in [0.3, 0.4) is 0 Å². The number of thiocarbonyl (C=S) groups is 1. The molecule has 0 saturated heterocycles. The Bertz CT molecular complexity index is 914. The van der Waals surface area contributed by atoms with Gasteiger partial charge in [0, 0.05) is 10.2 Å². The van der Waals surface area contributed by atoms with Crippen LogP contribution in [-0.4, -0.2) is 30.7 Å². The normalized spacial score (nSPS) is 10.4. The molecular weight excluding hydrogens is 456 g/mol. The molecule has 0 atom stereocenters. The topological polar surface area (TPSA) is 76.7 Å². The zero-order valence-corrected chi connectivity index (χ0v) is 19.1. The van der Waals surface area contributed by atoms with Crippen molar-refractivity contribution >= 4 is 50.8 Å². The lowest BCUT2D eigenvalue weighted by Crippen LogP contribution is -2.37. The largest absolute Gasteiger partial charge is 0.483 e. The first kappa shape index (κ1) is 22.8. The summed E-state index contributed by atoms with van der Waals surface area (Å²) < 4.78 is 11.4. The number of esters is 1. The fourth-order valence-corrected chi connectivity index (χ4v) is 3.12. The number of aryl methyl sites for hydroxylation is 1. The summed E-state index contributed by atoms with van der Waals surface area (Å²) in [5.74, 6) is 0.131. The van der Waals surface area contributed by atoms with Gasteiger partial charge in [-0.2, -0.15) is 0 Å². The van der Waals surface area contributed by atoms with Gasteiger partial charge >= 0.3 is 5.97 Å². The molecule has 2 aromatic carbocycles. The smallest absolute Gasteiger partial charge is 0.337 e. The van der Waals surface area contributed by atoms with Crippen LogP contribution in [0.1, 0.15) is 41.3 Å². The quantitative estimate of drug-likeness (QED) is 0.468. The highest BCUT2D eigenvalue weighted by molar-refractivity contribution is 9.10. The minimum Gasteiger partial charge on any atom is -0.483 e. The van der Waals surface area contributed by atoms with Crippen LogP contribution < -0.4 is 15.4 Å². The van der Waals surface area contributed by atoms with Crippen molar-refractivity contribution in [3.05, 3.63) is 57.6 Å². The molecule has 0 radical (unpaired) electrons. The number of rotatable bonds is 6. The number of ether oxygens (including phenoxy) is 2. The molecule has 0 bridgehead atoms. The number of anilines is 1. The van der Waals surface area contributed by atoms with Crippen molar-refractivity contribution in [2.24, 2.45) is 0 Å². The van der Waals surface area contributed by atoms with Crippen molar-refractivity contribution in [1.29, 1.82) is 0 Å². The molecular formula is C21H23BrN2O4S. The van der Waals surface area contributed by atoms with Gasteiger partial charge < -0.3 is 14.8 Å². The molecule has 8 heteroatoms. The summed E-state index contributed by atoms with van der Waals surface area (Å²) in [6.45, 7) is 5.93. The van der Waals surface area contributed by atoms with Crippen molar-refractivity contribution < 1.29 is 19.1 Å². The molecule has 154 valence electrons. The number of nitrogens with one attached hydrogen (secondary N) is 2. The number of carbonyl (C=O) groups excluding carboxylic acids is 2. The van der Waals surface area contributed by atoms with Crippen molar-refractivity contribution in [1.82, 2.24) is 5.32 Å². The molecule has 2 aromatic rings. The van der Waals surface area contributed by atoms with Crippen LogP contribution >= 0.6 is 28.1 Å². The standard InChI is InChI=1S/C21H23BrN2O4S/c1-12(2)16-10-17(22)13(3)9-18(16)28-11-19(25)24-21(29)23-15-7-5-14(6-8-15)20(26)27-4/h5-10,12H,11H2,1-4H3,(H2,23,24,25,29). The van der Waals surface area contributed by atoms with Gasteiger partial charge in [-0.25, -0.2) is 4.79 Å². The lowest BCUT2D eigenvalue weighted by atomic mass is 10.0. The van der Waals surface area contributed by atoms with Gasteiger partial charge in [-0.1, -0.05) is 29.8 Å². The molecule has 0 fully saturated rings. The highest BCUT2D eigenvalue weighted by Gasteiger charge is 2.13. The molecule has 0 aliphatic rings. The van der Waals surface area contributed by atoms with E-state index in [1.807, 2.05) is 19.1 Å². The average molecular weight is 479 g/mol. The van der Waals surface area contributed by atoms with Crippen LogP contribution in [0.2, 0.25) is 0 Å². The van der Waals surface area contributed by atoms with Crippen LogP contribution in [-0.2, 0) is 9.53 Å². The number of benzene rings is 2. The second-order valence-electron chi connectivity index (χ2n) is 6.65. The highest BCUT2D eigenvalue weighted by atomic mass is 79.9. The number of halogens is 1. The summed E-state index contributed by atoms with van der Waals surface area (Å²) in [4.78, 5) is 23.6. The molecule has 0 aromatic heterocycles. The Morgan fingerprint density at radius 3 is 2.41 bits per heavy atom. The number of methoxy groups -OCH3 is 1. The first-order valence-corrected chi connectivity index (χ1v) is 10.1. The summed E-state index contributed by atoms with van der Waals surface area (Å²) in [7, 11) is 1.32. The summed E-state index contributed by atoms with van der Waals surface area (Å²) >= 11 is 8.68. The van der Waals surface area contributed by atoms with Gasteiger partial charge in [0.15, 0.2) is 11.7 Å². The molecule has 1 amide bonds. The lowest BCUT2D eigenvalue weighted by molar-refractivity contribution is -0.121. The van der Waals surface area contributed by atoms with Gasteiger partial charge in [-0.3, -0.25) is 10.1 Å². The lowest BCUT2D eigenvalue weighted by Gasteiger charge is -2.16. The summed E-state index contributed by atoms with van der Waals surface area (Å²) in [6, 6.07) is 10.5. The van der Waals surface area contributed by atoms with E-state index in [4.69, 9.17) is 17.0 Å². The minimum absolute atomic E-state index is 0.139. The van der Waals surface area contributed by atoms with Crippen molar-refractivity contribution in [2.75, 3.05) is 19.0 Å². The second kappa shape index (κ2) is 10.4. The third-order valence-corrected chi connectivity index (χ3v) is 5.15. The Morgan fingerprint density at radius 1 is 1.17 bits per heavy atom. The van der Waals surface area contributed by atoms with E-state index >= 15 is 0 Å². The van der Waals surface area contributed by atoms with E-state index in [9.17, 15) is 9.59 Å². The van der Waals surface area contributed by atoms with Gasteiger partial charge in [0.05, 0.1) is 12.7 Å². The van der Waals surface area contributed by atoms with Crippen LogP contribution in [0.5, 0.6) is 5.75 Å². The molecule has 0 spiro atoms. The Hall–Kier alpha value is -2.45. The van der Waals surface area contributed by atoms with E-state index in [-0.39, 0.29) is 23.5 Å². The Labute approximate surface area is 184 Å². The molecule has 2 rings (SSSR count). The first-order valence-electron chi connectivity index (χ1n) is 8.93. The van der Waals surface area contributed by atoms with Gasteiger partial charge in [0.25, 0.3) is 5.91 Å². The van der Waals surface area contributed by atoms with E-state index in [1.165, 1.54) is 7.11 Å². The van der Waals surface area contributed by atoms with E-state index in [1.54, 1.807) is 24.3 Å².